The van der Waals surface area contributed by atoms with Crippen LogP contribution in [0.15, 0.2) is 0 Å². The Hall–Kier alpha value is -1.79. The van der Waals surface area contributed by atoms with E-state index in [4.69, 9.17) is 10.1 Å². The van der Waals surface area contributed by atoms with E-state index in [0.29, 0.717) is 6.42 Å². The number of unbranched alkanes of at least 4 members (excludes halogenated alkanes) is 2. The average molecular weight is 300 g/mol. The number of ether oxygens (including phenoxy) is 1. The molecule has 0 aromatic rings. The van der Waals surface area contributed by atoms with Crippen LogP contribution < -0.4 is 16.0 Å². The lowest BCUT2D eigenvalue weighted by Crippen LogP contribution is -2.53. The lowest BCUT2D eigenvalue weighted by atomic mass is 10.1. The molecule has 0 aromatic carbocycles. The van der Waals surface area contributed by atoms with Crippen molar-refractivity contribution >= 4 is 18.0 Å². The van der Waals surface area contributed by atoms with E-state index in [-0.39, 0.29) is 11.9 Å². The summed E-state index contributed by atoms with van der Waals surface area (Å²) in [4.78, 5) is 22.7. The van der Waals surface area contributed by atoms with E-state index in [1.165, 1.54) is 6.92 Å². The van der Waals surface area contributed by atoms with Gasteiger partial charge in [0, 0.05) is 6.92 Å². The Balaban J connectivity index is 4.47. The molecule has 0 radical (unpaired) electrons. The molecule has 2 amide bonds. The highest BCUT2D eigenvalue weighted by Gasteiger charge is 2.19. The van der Waals surface area contributed by atoms with Crippen molar-refractivity contribution in [3.05, 3.63) is 0 Å². The largest absolute Gasteiger partial charge is 0.444 e. The number of carbonyl (C=O) groups excluding carboxylic acids is 2. The summed E-state index contributed by atoms with van der Waals surface area (Å²) in [6.07, 6.45) is 2.63. The third kappa shape index (κ3) is 11.7. The van der Waals surface area contributed by atoms with Gasteiger partial charge in [0.1, 0.15) is 11.8 Å². The van der Waals surface area contributed by atoms with Crippen molar-refractivity contribution in [3.8, 4) is 0 Å². The van der Waals surface area contributed by atoms with Gasteiger partial charge in [0.05, 0.1) is 0 Å². The number of hydrogen-bond donors (Lipinski definition) is 4. The molecule has 0 bridgehead atoms. The van der Waals surface area contributed by atoms with E-state index in [2.05, 4.69) is 22.9 Å². The summed E-state index contributed by atoms with van der Waals surface area (Å²) in [6.45, 7) is 8.76. The van der Waals surface area contributed by atoms with E-state index in [1.54, 1.807) is 20.8 Å². The highest BCUT2D eigenvalue weighted by Crippen LogP contribution is 2.08. The van der Waals surface area contributed by atoms with Crippen LogP contribution in [0.3, 0.4) is 0 Å². The number of amides is 2. The molecular weight excluding hydrogens is 272 g/mol. The third-order valence-corrected chi connectivity index (χ3v) is 2.41. The van der Waals surface area contributed by atoms with Gasteiger partial charge in [-0.3, -0.25) is 15.5 Å². The van der Waals surface area contributed by atoms with Crippen molar-refractivity contribution in [2.75, 3.05) is 0 Å². The number of hydrogen-bond acceptors (Lipinski definition) is 4. The Labute approximate surface area is 126 Å². The summed E-state index contributed by atoms with van der Waals surface area (Å²) in [5.41, 5.74) is -0.580. The fourth-order valence-corrected chi connectivity index (χ4v) is 1.62. The number of guanidine groups is 1. The number of carbonyl (C=O) groups is 2. The van der Waals surface area contributed by atoms with Gasteiger partial charge in [-0.15, -0.1) is 0 Å². The summed E-state index contributed by atoms with van der Waals surface area (Å²) in [6, 6.07) is 0. The Morgan fingerprint density at radius 2 is 1.81 bits per heavy atom. The second kappa shape index (κ2) is 9.20. The Bertz CT molecular complexity index is 364. The highest BCUT2D eigenvalue weighted by atomic mass is 16.6. The predicted molar refractivity (Wildman–Crippen MR) is 82.0 cm³/mol. The van der Waals surface area contributed by atoms with Crippen molar-refractivity contribution in [1.29, 1.82) is 5.41 Å². The van der Waals surface area contributed by atoms with E-state index in [0.717, 1.165) is 19.3 Å². The van der Waals surface area contributed by atoms with Crippen molar-refractivity contribution in [1.82, 2.24) is 16.0 Å². The molecule has 0 fully saturated rings. The molecule has 0 aliphatic heterocycles. The zero-order valence-electron chi connectivity index (χ0n) is 13.6. The molecule has 7 heteroatoms. The van der Waals surface area contributed by atoms with Crippen LogP contribution in [0.25, 0.3) is 0 Å². The highest BCUT2D eigenvalue weighted by molar-refractivity contribution is 5.94. The minimum atomic E-state index is -0.580. The predicted octanol–water partition coefficient (Wildman–Crippen LogP) is 2.08. The summed E-state index contributed by atoms with van der Waals surface area (Å²) in [5.74, 6) is -0.475. The van der Waals surface area contributed by atoms with Gasteiger partial charge in [-0.1, -0.05) is 19.8 Å². The molecule has 21 heavy (non-hydrogen) atoms. The molecule has 7 nitrogen and oxygen atoms in total. The van der Waals surface area contributed by atoms with Crippen LogP contribution >= 0.6 is 0 Å². The van der Waals surface area contributed by atoms with Crippen molar-refractivity contribution < 1.29 is 14.3 Å². The minimum Gasteiger partial charge on any atom is -0.444 e. The zero-order chi connectivity index (χ0) is 16.5. The lowest BCUT2D eigenvalue weighted by Gasteiger charge is -2.25. The van der Waals surface area contributed by atoms with Gasteiger partial charge in [-0.25, -0.2) is 4.79 Å². The van der Waals surface area contributed by atoms with Crippen LogP contribution in [0, 0.1) is 5.41 Å². The van der Waals surface area contributed by atoms with Crippen molar-refractivity contribution in [3.63, 3.8) is 0 Å². The molecule has 0 heterocycles. The molecule has 122 valence electrons. The molecule has 0 aliphatic rings. The maximum atomic E-state index is 11.8. The van der Waals surface area contributed by atoms with Crippen LogP contribution in [0.2, 0.25) is 0 Å². The first-order valence-corrected chi connectivity index (χ1v) is 7.26. The van der Waals surface area contributed by atoms with Gasteiger partial charge in [-0.05, 0) is 33.6 Å². The molecule has 1 unspecified atom stereocenters. The van der Waals surface area contributed by atoms with Crippen molar-refractivity contribution in [2.45, 2.75) is 72.1 Å². The van der Waals surface area contributed by atoms with Gasteiger partial charge in [0.2, 0.25) is 5.91 Å². The molecule has 0 spiro atoms. The zero-order valence-corrected chi connectivity index (χ0v) is 13.6. The smallest absolute Gasteiger partial charge is 0.409 e. The molecule has 1 atom stereocenters. The third-order valence-electron chi connectivity index (χ3n) is 2.41. The Morgan fingerprint density at radius 3 is 2.29 bits per heavy atom. The Kier molecular flexibility index (Phi) is 8.42. The van der Waals surface area contributed by atoms with Crippen LogP contribution in [0.4, 0.5) is 4.79 Å². The lowest BCUT2D eigenvalue weighted by molar-refractivity contribution is -0.117. The standard InChI is InChI=1S/C14H28N4O3/c1-6-7-8-9-11(17-12(15)16-10(2)19)18-13(20)21-14(3,4)5/h11H,6-9H2,1-5H3,(H,18,20)(H3,15,16,17,19). The molecular formula is C14H28N4O3. The number of alkyl carbamates (subject to hydrolysis) is 1. The fraction of sp³-hybridized carbons (Fsp3) is 0.786. The minimum absolute atomic E-state index is 0.139. The van der Waals surface area contributed by atoms with Crippen molar-refractivity contribution in [2.24, 2.45) is 0 Å². The Morgan fingerprint density at radius 1 is 1.19 bits per heavy atom. The SMILES string of the molecule is CCCCCC(NC(=N)NC(C)=O)NC(=O)OC(C)(C)C. The summed E-state index contributed by atoms with van der Waals surface area (Å²) in [7, 11) is 0. The molecule has 0 saturated heterocycles. The molecule has 0 aromatic heterocycles. The maximum Gasteiger partial charge on any atom is 0.409 e. The monoisotopic (exact) mass is 300 g/mol. The van der Waals surface area contributed by atoms with Gasteiger partial charge >= 0.3 is 6.09 Å². The van der Waals surface area contributed by atoms with E-state index >= 15 is 0 Å². The van der Waals surface area contributed by atoms with Gasteiger partial charge in [0.25, 0.3) is 0 Å². The number of rotatable bonds is 6. The molecule has 0 rings (SSSR count). The summed E-state index contributed by atoms with van der Waals surface area (Å²) < 4.78 is 5.19. The second-order valence-corrected chi connectivity index (χ2v) is 5.90. The summed E-state index contributed by atoms with van der Waals surface area (Å²) >= 11 is 0. The topological polar surface area (TPSA) is 103 Å². The van der Waals surface area contributed by atoms with E-state index < -0.39 is 17.9 Å². The molecule has 4 N–H and O–H groups in total. The van der Waals surface area contributed by atoms with Crippen LogP contribution in [-0.4, -0.2) is 29.7 Å². The van der Waals surface area contributed by atoms with Crippen LogP contribution in [0.5, 0.6) is 0 Å². The van der Waals surface area contributed by atoms with Gasteiger partial charge < -0.3 is 15.4 Å². The maximum absolute atomic E-state index is 11.8. The first-order valence-electron chi connectivity index (χ1n) is 7.26. The fourth-order valence-electron chi connectivity index (χ4n) is 1.62. The first kappa shape index (κ1) is 19.2. The van der Waals surface area contributed by atoms with Crippen LogP contribution in [-0.2, 0) is 9.53 Å². The summed E-state index contributed by atoms with van der Waals surface area (Å²) in [5, 5.41) is 15.4. The molecule has 0 aliphatic carbocycles. The van der Waals surface area contributed by atoms with E-state index in [9.17, 15) is 9.59 Å². The van der Waals surface area contributed by atoms with Crippen LogP contribution in [0.1, 0.15) is 60.3 Å². The first-order chi connectivity index (χ1) is 9.64. The quantitative estimate of drug-likeness (QED) is 0.261. The van der Waals surface area contributed by atoms with E-state index in [1.807, 2.05) is 0 Å². The second-order valence-electron chi connectivity index (χ2n) is 5.90. The van der Waals surface area contributed by atoms with Gasteiger partial charge in [0.15, 0.2) is 5.96 Å². The molecule has 0 saturated carbocycles. The number of nitrogens with one attached hydrogen (secondary N) is 4. The van der Waals surface area contributed by atoms with Gasteiger partial charge in [-0.2, -0.15) is 0 Å². The average Bonchev–Trinajstić information content (AvgIpc) is 2.24. The normalized spacial score (nSPS) is 12.2.